The highest BCUT2D eigenvalue weighted by Crippen LogP contribution is 2.14. The number of likely N-dealkylation sites (N-methyl/N-ethyl adjacent to an activating group) is 1. The Morgan fingerprint density at radius 3 is 2.31 bits per heavy atom. The van der Waals surface area contributed by atoms with Gasteiger partial charge >= 0.3 is 0 Å². The lowest BCUT2D eigenvalue weighted by molar-refractivity contribution is -0.118. The van der Waals surface area contributed by atoms with Crippen molar-refractivity contribution in [2.75, 3.05) is 25.4 Å². The molecular weight excluding hydrogens is 452 g/mol. The highest BCUT2D eigenvalue weighted by molar-refractivity contribution is 9.10. The molecule has 0 spiro atoms. The third-order valence-electron chi connectivity index (χ3n) is 4.80. The number of halogens is 1. The fourth-order valence-electron chi connectivity index (χ4n) is 3.37. The van der Waals surface area contributed by atoms with Gasteiger partial charge in [-0.05, 0) is 42.8 Å². The average molecular weight is 481 g/mol. The van der Waals surface area contributed by atoms with E-state index >= 15 is 0 Å². The number of nitrogens with one attached hydrogen (secondary N) is 1. The number of hydrogen-bond acceptors (Lipinski definition) is 4. The molecule has 0 aliphatic carbocycles. The van der Waals surface area contributed by atoms with E-state index in [0.717, 1.165) is 24.0 Å². The first-order chi connectivity index (χ1) is 13.8. The van der Waals surface area contributed by atoms with Crippen LogP contribution in [-0.2, 0) is 26.8 Å². The van der Waals surface area contributed by atoms with Crippen LogP contribution in [0.5, 0.6) is 0 Å². The molecule has 0 fully saturated rings. The standard InChI is InChI=1S/C22H29BrN2O3S/c1-3-25(4-2)21(14-18-9-6-5-7-10-18)15-24-22(26)17-29(27,28)16-19-11-8-12-20(23)13-19/h5-13,21H,3-4,14-17H2,1-2H3,(H,24,26). The summed E-state index contributed by atoms with van der Waals surface area (Å²) in [5.41, 5.74) is 1.86. The predicted octanol–water partition coefficient (Wildman–Crippen LogP) is 3.43. The van der Waals surface area contributed by atoms with Gasteiger partial charge in [0.05, 0.1) is 5.75 Å². The van der Waals surface area contributed by atoms with Crippen LogP contribution in [0.25, 0.3) is 0 Å². The van der Waals surface area contributed by atoms with Gasteiger partial charge in [0.15, 0.2) is 9.84 Å². The number of carbonyl (C=O) groups excluding carboxylic acids is 1. The number of hydrogen-bond donors (Lipinski definition) is 1. The van der Waals surface area contributed by atoms with Gasteiger partial charge in [0.2, 0.25) is 5.91 Å². The molecule has 0 radical (unpaired) electrons. The van der Waals surface area contributed by atoms with Crippen molar-refractivity contribution in [2.45, 2.75) is 32.1 Å². The number of nitrogens with zero attached hydrogens (tertiary/aromatic N) is 1. The lowest BCUT2D eigenvalue weighted by Gasteiger charge is -2.30. The number of carbonyl (C=O) groups is 1. The average Bonchev–Trinajstić information content (AvgIpc) is 2.67. The van der Waals surface area contributed by atoms with Crippen molar-refractivity contribution in [3.05, 3.63) is 70.2 Å². The lowest BCUT2D eigenvalue weighted by atomic mass is 10.0. The number of sulfone groups is 1. The van der Waals surface area contributed by atoms with Crippen LogP contribution in [0.1, 0.15) is 25.0 Å². The van der Waals surface area contributed by atoms with Gasteiger partial charge in [0, 0.05) is 17.1 Å². The van der Waals surface area contributed by atoms with Crippen molar-refractivity contribution in [1.29, 1.82) is 0 Å². The van der Waals surface area contributed by atoms with Crippen molar-refractivity contribution in [1.82, 2.24) is 10.2 Å². The molecule has 0 saturated carbocycles. The summed E-state index contributed by atoms with van der Waals surface area (Å²) in [5.74, 6) is -1.11. The summed E-state index contributed by atoms with van der Waals surface area (Å²) in [6, 6.07) is 17.4. The van der Waals surface area contributed by atoms with Crippen LogP contribution in [0.4, 0.5) is 0 Å². The van der Waals surface area contributed by atoms with E-state index in [4.69, 9.17) is 0 Å². The monoisotopic (exact) mass is 480 g/mol. The minimum atomic E-state index is -3.54. The van der Waals surface area contributed by atoms with E-state index in [1.165, 1.54) is 5.56 Å². The van der Waals surface area contributed by atoms with Crippen molar-refractivity contribution in [2.24, 2.45) is 0 Å². The molecule has 1 N–H and O–H groups in total. The maximum absolute atomic E-state index is 12.4. The van der Waals surface area contributed by atoms with E-state index in [-0.39, 0.29) is 11.8 Å². The molecule has 2 aromatic rings. The summed E-state index contributed by atoms with van der Waals surface area (Å²) in [4.78, 5) is 14.6. The summed E-state index contributed by atoms with van der Waals surface area (Å²) >= 11 is 3.34. The first-order valence-corrected chi connectivity index (χ1v) is 12.4. The van der Waals surface area contributed by atoms with Gasteiger partial charge in [0.25, 0.3) is 0 Å². The summed E-state index contributed by atoms with van der Waals surface area (Å²) in [7, 11) is -3.54. The Balaban J connectivity index is 1.96. The highest BCUT2D eigenvalue weighted by Gasteiger charge is 2.21. The molecule has 2 rings (SSSR count). The molecule has 29 heavy (non-hydrogen) atoms. The Bertz CT molecular complexity index is 884. The maximum Gasteiger partial charge on any atom is 0.235 e. The topological polar surface area (TPSA) is 66.5 Å². The Hall–Kier alpha value is -1.70. The van der Waals surface area contributed by atoms with Crippen LogP contribution in [0.2, 0.25) is 0 Å². The molecule has 1 atom stereocenters. The van der Waals surface area contributed by atoms with Crippen LogP contribution in [0, 0.1) is 0 Å². The predicted molar refractivity (Wildman–Crippen MR) is 121 cm³/mol. The van der Waals surface area contributed by atoms with E-state index in [2.05, 4.69) is 52.1 Å². The minimum absolute atomic E-state index is 0.115. The summed E-state index contributed by atoms with van der Waals surface area (Å²) in [6.07, 6.45) is 0.799. The Morgan fingerprint density at radius 2 is 1.69 bits per heavy atom. The van der Waals surface area contributed by atoms with Gasteiger partial charge in [-0.2, -0.15) is 0 Å². The van der Waals surface area contributed by atoms with E-state index in [0.29, 0.717) is 12.1 Å². The summed E-state index contributed by atoms with van der Waals surface area (Å²) in [6.45, 7) is 6.33. The zero-order valence-electron chi connectivity index (χ0n) is 17.0. The van der Waals surface area contributed by atoms with E-state index in [1.807, 2.05) is 24.3 Å². The van der Waals surface area contributed by atoms with Crippen LogP contribution in [0.3, 0.4) is 0 Å². The quantitative estimate of drug-likeness (QED) is 0.534. The summed E-state index contributed by atoms with van der Waals surface area (Å²) < 4.78 is 25.7. The van der Waals surface area contributed by atoms with Gasteiger partial charge in [-0.1, -0.05) is 72.2 Å². The molecule has 2 aromatic carbocycles. The third kappa shape index (κ3) is 8.28. The second-order valence-electron chi connectivity index (χ2n) is 7.03. The van der Waals surface area contributed by atoms with Gasteiger partial charge in [-0.25, -0.2) is 8.42 Å². The molecule has 0 aliphatic rings. The van der Waals surface area contributed by atoms with Crippen LogP contribution >= 0.6 is 15.9 Å². The van der Waals surface area contributed by atoms with Crippen LogP contribution < -0.4 is 5.32 Å². The lowest BCUT2D eigenvalue weighted by Crippen LogP contribution is -2.46. The molecule has 1 amide bonds. The number of amides is 1. The van der Waals surface area contributed by atoms with Gasteiger partial charge in [0.1, 0.15) is 5.75 Å². The zero-order valence-corrected chi connectivity index (χ0v) is 19.4. The fraction of sp³-hybridized carbons (Fsp3) is 0.409. The van der Waals surface area contributed by atoms with Crippen molar-refractivity contribution >= 4 is 31.7 Å². The van der Waals surface area contributed by atoms with Crippen LogP contribution in [0.15, 0.2) is 59.1 Å². The SMILES string of the molecule is CCN(CC)C(CNC(=O)CS(=O)(=O)Cc1cccc(Br)c1)Cc1ccccc1. The van der Waals surface area contributed by atoms with Crippen molar-refractivity contribution < 1.29 is 13.2 Å². The van der Waals surface area contributed by atoms with E-state index < -0.39 is 21.5 Å². The molecule has 7 heteroatoms. The second kappa shape index (κ2) is 11.5. The third-order valence-corrected chi connectivity index (χ3v) is 6.77. The van der Waals surface area contributed by atoms with Crippen LogP contribution in [-0.4, -0.2) is 50.7 Å². The molecule has 0 saturated heterocycles. The first-order valence-electron chi connectivity index (χ1n) is 9.82. The zero-order chi connectivity index (χ0) is 21.3. The van der Waals surface area contributed by atoms with Crippen molar-refractivity contribution in [3.63, 3.8) is 0 Å². The molecular formula is C22H29BrN2O3S. The smallest absolute Gasteiger partial charge is 0.235 e. The maximum atomic E-state index is 12.4. The Labute approximate surface area is 182 Å². The molecule has 0 heterocycles. The molecule has 1 unspecified atom stereocenters. The second-order valence-corrected chi connectivity index (χ2v) is 10.0. The Kier molecular flexibility index (Phi) is 9.33. The fourth-order valence-corrected chi connectivity index (χ4v) is 5.11. The normalized spacial score (nSPS) is 12.7. The first kappa shape index (κ1) is 23.6. The summed E-state index contributed by atoms with van der Waals surface area (Å²) in [5, 5.41) is 2.84. The van der Waals surface area contributed by atoms with Gasteiger partial charge in [-0.3, -0.25) is 9.69 Å². The molecule has 0 aromatic heterocycles. The van der Waals surface area contributed by atoms with E-state index in [9.17, 15) is 13.2 Å². The molecule has 0 aliphatic heterocycles. The van der Waals surface area contributed by atoms with Gasteiger partial charge < -0.3 is 5.32 Å². The molecule has 0 bridgehead atoms. The molecule has 5 nitrogen and oxygen atoms in total. The minimum Gasteiger partial charge on any atom is -0.354 e. The molecule has 158 valence electrons. The number of rotatable bonds is 11. The number of benzene rings is 2. The Morgan fingerprint density at radius 1 is 1.03 bits per heavy atom. The largest absolute Gasteiger partial charge is 0.354 e. The highest BCUT2D eigenvalue weighted by atomic mass is 79.9. The van der Waals surface area contributed by atoms with Crippen molar-refractivity contribution in [3.8, 4) is 0 Å². The van der Waals surface area contributed by atoms with E-state index in [1.54, 1.807) is 18.2 Å². The van der Waals surface area contributed by atoms with Gasteiger partial charge in [-0.15, -0.1) is 0 Å².